The summed E-state index contributed by atoms with van der Waals surface area (Å²) in [5.74, 6) is -0.0153. The summed E-state index contributed by atoms with van der Waals surface area (Å²) in [7, 11) is 0. The fraction of sp³-hybridized carbons (Fsp3) is 0.500. The van der Waals surface area contributed by atoms with Crippen LogP contribution in [-0.4, -0.2) is 41.3 Å². The second kappa shape index (κ2) is 8.61. The molecule has 0 atom stereocenters. The zero-order valence-corrected chi connectivity index (χ0v) is 15.6. The lowest BCUT2D eigenvalue weighted by Crippen LogP contribution is -2.30. The molecule has 1 aromatic rings. The highest BCUT2D eigenvalue weighted by molar-refractivity contribution is 6.05. The first-order chi connectivity index (χ1) is 12.3. The maximum Gasteiger partial charge on any atom is 0.434 e. The van der Waals surface area contributed by atoms with Crippen molar-refractivity contribution in [1.29, 1.82) is 5.26 Å². The lowest BCUT2D eigenvalue weighted by molar-refractivity contribution is -0.128. The Labute approximate surface area is 154 Å². The number of likely N-dealkylation sites (tertiary alicyclic amines) is 1. The first kappa shape index (κ1) is 19.6. The number of ether oxygens (including phenoxy) is 1. The molecular weight excluding hydrogens is 330 g/mol. The van der Waals surface area contributed by atoms with Crippen molar-refractivity contribution in [1.82, 2.24) is 4.90 Å². The van der Waals surface area contributed by atoms with Gasteiger partial charge in [-0.05, 0) is 51.3 Å². The van der Waals surface area contributed by atoms with Gasteiger partial charge in [-0.1, -0.05) is 12.1 Å². The average Bonchev–Trinajstić information content (AvgIpc) is 3.08. The predicted octanol–water partition coefficient (Wildman–Crippen LogP) is 3.49. The minimum atomic E-state index is -0.685. The number of carbonyl (C=O) groups excluding carboxylic acids is 2. The molecule has 0 saturated carbocycles. The van der Waals surface area contributed by atoms with E-state index in [0.29, 0.717) is 17.7 Å². The molecule has 0 N–H and O–H groups in total. The number of amides is 2. The summed E-state index contributed by atoms with van der Waals surface area (Å²) >= 11 is 0. The van der Waals surface area contributed by atoms with Crippen LogP contribution in [0.4, 0.5) is 4.79 Å². The smallest absolute Gasteiger partial charge is 0.434 e. The Balaban J connectivity index is 2.14. The summed E-state index contributed by atoms with van der Waals surface area (Å²) in [5.41, 5.74) is 1.29. The number of carbonyl (C=O) groups is 2. The molecule has 1 aromatic carbocycles. The maximum absolute atomic E-state index is 12.5. The third kappa shape index (κ3) is 6.32. The van der Waals surface area contributed by atoms with Crippen molar-refractivity contribution >= 4 is 17.7 Å². The molecule has 1 aliphatic rings. The maximum atomic E-state index is 12.5. The highest BCUT2D eigenvalue weighted by Crippen LogP contribution is 2.14. The molecular formula is C20H25N3O3. The molecule has 6 heteroatoms. The normalized spacial score (nSPS) is 14.8. The molecule has 0 bridgehead atoms. The molecule has 2 rings (SSSR count). The number of nitriles is 1. The molecule has 1 aliphatic heterocycles. The number of rotatable bonds is 4. The van der Waals surface area contributed by atoms with Crippen LogP contribution < -0.4 is 0 Å². The minimum Gasteiger partial charge on any atom is -0.442 e. The molecule has 6 nitrogen and oxygen atoms in total. The van der Waals surface area contributed by atoms with Crippen molar-refractivity contribution in [3.8, 4) is 6.07 Å². The Morgan fingerprint density at radius 1 is 1.19 bits per heavy atom. The van der Waals surface area contributed by atoms with Crippen LogP contribution in [0.1, 0.15) is 51.2 Å². The molecule has 0 unspecified atom stereocenters. The standard InChI is InChI=1S/C20H25N3O3/c1-20(2,3)26-19(25)22-17(13-18(24)23-10-4-5-11-23)12-15-6-8-16(14-21)9-7-15/h6-9H,4-5,10-13H2,1-3H3/b22-17-. The molecule has 0 aromatic heterocycles. The predicted molar refractivity (Wildman–Crippen MR) is 99.0 cm³/mol. The van der Waals surface area contributed by atoms with Gasteiger partial charge in [-0.3, -0.25) is 4.79 Å². The Hall–Kier alpha value is -2.68. The summed E-state index contributed by atoms with van der Waals surface area (Å²) in [5, 5.41) is 8.89. The first-order valence-corrected chi connectivity index (χ1v) is 8.83. The van der Waals surface area contributed by atoms with Gasteiger partial charge in [0.25, 0.3) is 0 Å². The van der Waals surface area contributed by atoms with E-state index in [9.17, 15) is 9.59 Å². The van der Waals surface area contributed by atoms with Crippen LogP contribution >= 0.6 is 0 Å². The van der Waals surface area contributed by atoms with Gasteiger partial charge in [-0.2, -0.15) is 10.3 Å². The fourth-order valence-electron chi connectivity index (χ4n) is 2.74. The summed E-state index contributed by atoms with van der Waals surface area (Å²) < 4.78 is 5.26. The van der Waals surface area contributed by atoms with Crippen LogP contribution in [0.2, 0.25) is 0 Å². The van der Waals surface area contributed by atoms with Crippen LogP contribution in [-0.2, 0) is 16.0 Å². The van der Waals surface area contributed by atoms with E-state index in [-0.39, 0.29) is 12.3 Å². The molecule has 26 heavy (non-hydrogen) atoms. The highest BCUT2D eigenvalue weighted by atomic mass is 16.6. The second-order valence-electron chi connectivity index (χ2n) is 7.41. The van der Waals surface area contributed by atoms with Crippen molar-refractivity contribution in [2.75, 3.05) is 13.1 Å². The number of hydrogen-bond acceptors (Lipinski definition) is 4. The van der Waals surface area contributed by atoms with Crippen LogP contribution in [0.25, 0.3) is 0 Å². The van der Waals surface area contributed by atoms with Gasteiger partial charge in [0.2, 0.25) is 5.91 Å². The van der Waals surface area contributed by atoms with Gasteiger partial charge in [-0.15, -0.1) is 0 Å². The third-order valence-electron chi connectivity index (χ3n) is 3.95. The first-order valence-electron chi connectivity index (χ1n) is 8.83. The minimum absolute atomic E-state index is 0.0153. The highest BCUT2D eigenvalue weighted by Gasteiger charge is 2.21. The quantitative estimate of drug-likeness (QED) is 0.774. The summed E-state index contributed by atoms with van der Waals surface area (Å²) in [6.45, 7) is 6.84. The lowest BCUT2D eigenvalue weighted by Gasteiger charge is -2.19. The molecule has 0 aliphatic carbocycles. The van der Waals surface area contributed by atoms with Gasteiger partial charge < -0.3 is 9.64 Å². The summed E-state index contributed by atoms with van der Waals surface area (Å²) in [6.07, 6.45) is 1.80. The van der Waals surface area contributed by atoms with Crippen molar-refractivity contribution in [2.24, 2.45) is 4.99 Å². The van der Waals surface area contributed by atoms with Gasteiger partial charge in [0, 0.05) is 25.2 Å². The number of nitrogens with zero attached hydrogens (tertiary/aromatic N) is 3. The van der Waals surface area contributed by atoms with E-state index in [1.165, 1.54) is 0 Å². The molecule has 1 heterocycles. The van der Waals surface area contributed by atoms with Crippen molar-refractivity contribution in [3.05, 3.63) is 35.4 Å². The zero-order chi connectivity index (χ0) is 19.2. The Kier molecular flexibility index (Phi) is 6.51. The van der Waals surface area contributed by atoms with E-state index in [2.05, 4.69) is 11.1 Å². The number of hydrogen-bond donors (Lipinski definition) is 0. The van der Waals surface area contributed by atoms with E-state index >= 15 is 0 Å². The van der Waals surface area contributed by atoms with Gasteiger partial charge in [0.05, 0.1) is 18.1 Å². The van der Waals surface area contributed by atoms with E-state index in [1.54, 1.807) is 32.9 Å². The molecule has 2 amide bonds. The van der Waals surface area contributed by atoms with Gasteiger partial charge in [0.15, 0.2) is 0 Å². The lowest BCUT2D eigenvalue weighted by atomic mass is 10.0. The largest absolute Gasteiger partial charge is 0.442 e. The Bertz CT molecular complexity index is 718. The monoisotopic (exact) mass is 355 g/mol. The fourth-order valence-corrected chi connectivity index (χ4v) is 2.74. The van der Waals surface area contributed by atoms with Crippen LogP contribution in [0.15, 0.2) is 29.3 Å². The Morgan fingerprint density at radius 3 is 2.35 bits per heavy atom. The summed E-state index contributed by atoms with van der Waals surface area (Å²) in [6, 6.07) is 9.11. The third-order valence-corrected chi connectivity index (χ3v) is 3.95. The average molecular weight is 355 g/mol. The SMILES string of the molecule is CC(C)(C)OC(=O)/N=C(\CC(=O)N1CCCC1)Cc1ccc(C#N)cc1. The number of aliphatic imine (C=N–C) groups is 1. The van der Waals surface area contributed by atoms with Gasteiger partial charge in [0.1, 0.15) is 5.60 Å². The van der Waals surface area contributed by atoms with Gasteiger partial charge >= 0.3 is 6.09 Å². The van der Waals surface area contributed by atoms with Crippen LogP contribution in [0.3, 0.4) is 0 Å². The molecule has 1 saturated heterocycles. The van der Waals surface area contributed by atoms with Crippen molar-refractivity contribution in [2.45, 2.75) is 52.1 Å². The van der Waals surface area contributed by atoms with Crippen LogP contribution in [0, 0.1) is 11.3 Å². The van der Waals surface area contributed by atoms with Crippen molar-refractivity contribution < 1.29 is 14.3 Å². The van der Waals surface area contributed by atoms with E-state index in [0.717, 1.165) is 31.5 Å². The van der Waals surface area contributed by atoms with E-state index in [1.807, 2.05) is 17.0 Å². The summed E-state index contributed by atoms with van der Waals surface area (Å²) in [4.78, 5) is 30.4. The van der Waals surface area contributed by atoms with E-state index in [4.69, 9.17) is 10.00 Å². The Morgan fingerprint density at radius 2 is 1.81 bits per heavy atom. The molecule has 0 radical (unpaired) electrons. The zero-order valence-electron chi connectivity index (χ0n) is 15.6. The van der Waals surface area contributed by atoms with Crippen molar-refractivity contribution in [3.63, 3.8) is 0 Å². The van der Waals surface area contributed by atoms with E-state index < -0.39 is 11.7 Å². The molecule has 1 fully saturated rings. The molecule has 0 spiro atoms. The second-order valence-corrected chi connectivity index (χ2v) is 7.41. The number of benzene rings is 1. The molecule has 138 valence electrons. The van der Waals surface area contributed by atoms with Gasteiger partial charge in [-0.25, -0.2) is 4.79 Å². The van der Waals surface area contributed by atoms with Crippen LogP contribution in [0.5, 0.6) is 0 Å². The topological polar surface area (TPSA) is 82.8 Å².